The number of fused-ring (bicyclic) bond motifs is 1. The third-order valence-electron chi connectivity index (χ3n) is 4.09. The van der Waals surface area contributed by atoms with E-state index in [0.29, 0.717) is 11.3 Å². The van der Waals surface area contributed by atoms with Gasteiger partial charge in [0.2, 0.25) is 5.91 Å². The smallest absolute Gasteiger partial charge is 0.399 e. The van der Waals surface area contributed by atoms with E-state index in [1.165, 1.54) is 11.0 Å². The summed E-state index contributed by atoms with van der Waals surface area (Å²) in [7, 11) is 0. The minimum absolute atomic E-state index is 0.00871. The van der Waals surface area contributed by atoms with Gasteiger partial charge in [0.15, 0.2) is 0 Å². The third-order valence-corrected chi connectivity index (χ3v) is 4.09. The van der Waals surface area contributed by atoms with Crippen LogP contribution in [-0.2, 0) is 11.3 Å². The van der Waals surface area contributed by atoms with Gasteiger partial charge in [-0.2, -0.15) is 13.2 Å². The molecular weight excluding hydrogens is 299 g/mol. The number of rotatable bonds is 1. The van der Waals surface area contributed by atoms with Crippen molar-refractivity contribution in [1.29, 1.82) is 0 Å². The molecule has 5 nitrogen and oxygen atoms in total. The van der Waals surface area contributed by atoms with Crippen molar-refractivity contribution < 1.29 is 22.8 Å². The predicted octanol–water partition coefficient (Wildman–Crippen LogP) is 1.43. The number of nitrogens with two attached hydrogens (primary N) is 1. The molecule has 2 atom stereocenters. The predicted molar refractivity (Wildman–Crippen MR) is 71.7 cm³/mol. The van der Waals surface area contributed by atoms with E-state index in [0.717, 1.165) is 5.56 Å². The number of piperidine rings is 1. The Morgan fingerprint density at radius 2 is 1.95 bits per heavy atom. The van der Waals surface area contributed by atoms with E-state index in [2.05, 4.69) is 0 Å². The van der Waals surface area contributed by atoms with Crippen LogP contribution in [0, 0.1) is 0 Å². The van der Waals surface area contributed by atoms with Gasteiger partial charge < -0.3 is 16.0 Å². The molecular formula is C14H14F3N3O2. The summed E-state index contributed by atoms with van der Waals surface area (Å²) < 4.78 is 37.9. The van der Waals surface area contributed by atoms with E-state index in [1.807, 2.05) is 5.32 Å². The maximum atomic E-state index is 12.6. The van der Waals surface area contributed by atoms with Crippen molar-refractivity contribution in [3.63, 3.8) is 0 Å². The van der Waals surface area contributed by atoms with Crippen molar-refractivity contribution in [3.05, 3.63) is 29.3 Å². The number of carbonyl (C=O) groups excluding carboxylic acids is 2. The first kappa shape index (κ1) is 14.7. The average Bonchev–Trinajstić information content (AvgIpc) is 2.75. The molecule has 3 N–H and O–H groups in total. The van der Waals surface area contributed by atoms with Crippen LogP contribution in [-0.4, -0.2) is 35.0 Å². The number of amides is 2. The summed E-state index contributed by atoms with van der Waals surface area (Å²) in [6, 6.07) is 2.15. The highest BCUT2D eigenvalue weighted by Gasteiger charge is 2.47. The molecule has 0 radical (unpaired) electrons. The first-order valence-electron chi connectivity index (χ1n) is 6.84. The van der Waals surface area contributed by atoms with Crippen molar-refractivity contribution in [2.24, 2.45) is 0 Å². The maximum absolute atomic E-state index is 12.6. The molecule has 1 aromatic carbocycles. The molecule has 0 spiro atoms. The lowest BCUT2D eigenvalue weighted by Crippen LogP contribution is -2.58. The molecule has 2 heterocycles. The number of benzene rings is 1. The monoisotopic (exact) mass is 313 g/mol. The summed E-state index contributed by atoms with van der Waals surface area (Å²) in [6.45, 7) is 0.212. The van der Waals surface area contributed by atoms with E-state index in [4.69, 9.17) is 5.73 Å². The Balaban J connectivity index is 1.77. The fourth-order valence-electron chi connectivity index (χ4n) is 2.93. The van der Waals surface area contributed by atoms with Gasteiger partial charge in [0, 0.05) is 17.8 Å². The van der Waals surface area contributed by atoms with Crippen LogP contribution in [0.2, 0.25) is 0 Å². The van der Waals surface area contributed by atoms with Gasteiger partial charge in [-0.25, -0.2) is 0 Å². The zero-order valence-electron chi connectivity index (χ0n) is 11.5. The van der Waals surface area contributed by atoms with Gasteiger partial charge in [-0.3, -0.25) is 9.59 Å². The van der Waals surface area contributed by atoms with Gasteiger partial charge in [-0.05, 0) is 30.5 Å². The van der Waals surface area contributed by atoms with Crippen LogP contribution in [0.15, 0.2) is 18.2 Å². The summed E-state index contributed by atoms with van der Waals surface area (Å²) in [5, 5.41) is 1.96. The van der Waals surface area contributed by atoms with E-state index in [9.17, 15) is 22.8 Å². The van der Waals surface area contributed by atoms with Crippen LogP contribution in [0.4, 0.5) is 18.9 Å². The highest BCUT2D eigenvalue weighted by atomic mass is 19.4. The van der Waals surface area contributed by atoms with E-state index >= 15 is 0 Å². The highest BCUT2D eigenvalue weighted by molar-refractivity contribution is 6.01. The van der Waals surface area contributed by atoms with E-state index in [-0.39, 0.29) is 25.3 Å². The number of nitrogens with one attached hydrogen (secondary N) is 1. The maximum Gasteiger partial charge on any atom is 0.408 e. The van der Waals surface area contributed by atoms with Gasteiger partial charge in [0.1, 0.15) is 12.1 Å². The molecule has 22 heavy (non-hydrogen) atoms. The van der Waals surface area contributed by atoms with Gasteiger partial charge in [0.05, 0.1) is 0 Å². The van der Waals surface area contributed by atoms with Crippen LogP contribution < -0.4 is 11.1 Å². The van der Waals surface area contributed by atoms with Crippen molar-refractivity contribution in [2.75, 3.05) is 5.73 Å². The topological polar surface area (TPSA) is 75.4 Å². The number of hydrogen-bond donors (Lipinski definition) is 2. The van der Waals surface area contributed by atoms with E-state index in [1.54, 1.807) is 12.1 Å². The van der Waals surface area contributed by atoms with Crippen molar-refractivity contribution >= 4 is 17.5 Å². The van der Waals surface area contributed by atoms with Crippen LogP contribution >= 0.6 is 0 Å². The molecule has 0 bridgehead atoms. The largest absolute Gasteiger partial charge is 0.408 e. The number of hydrogen-bond acceptors (Lipinski definition) is 3. The fourth-order valence-corrected chi connectivity index (χ4v) is 2.93. The number of halogens is 3. The number of carbonyl (C=O) groups is 2. The number of nitrogen functional groups attached to an aromatic ring is 1. The molecule has 0 saturated carbocycles. The lowest BCUT2D eigenvalue weighted by molar-refractivity contribution is -0.170. The molecule has 2 unspecified atom stereocenters. The number of nitrogens with zero attached hydrogens (tertiary/aromatic N) is 1. The Labute approximate surface area is 124 Å². The molecule has 0 aromatic heterocycles. The normalized spacial score (nSPS) is 25.1. The molecule has 1 saturated heterocycles. The van der Waals surface area contributed by atoms with Crippen molar-refractivity contribution in [2.45, 2.75) is 37.6 Å². The second-order valence-corrected chi connectivity index (χ2v) is 5.55. The Hall–Kier alpha value is -2.25. The molecule has 0 aliphatic carbocycles. The van der Waals surface area contributed by atoms with Gasteiger partial charge in [-0.1, -0.05) is 6.07 Å². The number of alkyl halides is 3. The molecule has 1 aromatic rings. The third kappa shape index (κ3) is 2.38. The Bertz CT molecular complexity index is 645. The molecule has 8 heteroatoms. The summed E-state index contributed by atoms with van der Waals surface area (Å²) >= 11 is 0. The molecule has 3 rings (SSSR count). The lowest BCUT2D eigenvalue weighted by Gasteiger charge is -2.34. The van der Waals surface area contributed by atoms with Gasteiger partial charge in [-0.15, -0.1) is 0 Å². The van der Waals surface area contributed by atoms with Gasteiger partial charge in [0.25, 0.3) is 5.91 Å². The second-order valence-electron chi connectivity index (χ2n) is 5.55. The van der Waals surface area contributed by atoms with Crippen LogP contribution in [0.3, 0.4) is 0 Å². The second kappa shape index (κ2) is 4.89. The molecule has 1 fully saturated rings. The fraction of sp³-hybridized carbons (Fsp3) is 0.429. The van der Waals surface area contributed by atoms with Crippen molar-refractivity contribution in [1.82, 2.24) is 10.2 Å². The quantitative estimate of drug-likeness (QED) is 0.770. The molecule has 118 valence electrons. The Morgan fingerprint density at radius 1 is 1.23 bits per heavy atom. The zero-order chi connectivity index (χ0) is 16.1. The zero-order valence-corrected chi connectivity index (χ0v) is 11.5. The van der Waals surface area contributed by atoms with Crippen molar-refractivity contribution in [3.8, 4) is 0 Å². The molecule has 2 aliphatic rings. The summed E-state index contributed by atoms with van der Waals surface area (Å²) in [5.41, 5.74) is 7.20. The summed E-state index contributed by atoms with van der Waals surface area (Å²) in [5.74, 6) is -1.13. The molecule has 2 amide bonds. The highest BCUT2D eigenvalue weighted by Crippen LogP contribution is 2.32. The Kier molecular flexibility index (Phi) is 3.26. The first-order chi connectivity index (χ1) is 10.3. The van der Waals surface area contributed by atoms with E-state index < -0.39 is 24.2 Å². The van der Waals surface area contributed by atoms with Crippen LogP contribution in [0.25, 0.3) is 0 Å². The minimum atomic E-state index is -4.47. The number of anilines is 1. The lowest BCUT2D eigenvalue weighted by atomic mass is 9.98. The summed E-state index contributed by atoms with van der Waals surface area (Å²) in [4.78, 5) is 25.6. The minimum Gasteiger partial charge on any atom is -0.399 e. The molecule has 2 aliphatic heterocycles. The standard InChI is InChI=1S/C14H14F3N3O2/c15-14(16,17)11-4-3-10(12(21)19-11)20-6-7-1-2-8(18)5-9(7)13(20)22/h1-2,5,10-11H,3-4,6,18H2,(H,19,21). The first-order valence-corrected chi connectivity index (χ1v) is 6.84. The Morgan fingerprint density at radius 3 is 2.59 bits per heavy atom. The summed E-state index contributed by atoms with van der Waals surface area (Å²) in [6.07, 6.45) is -4.71. The van der Waals surface area contributed by atoms with Gasteiger partial charge >= 0.3 is 6.18 Å². The van der Waals surface area contributed by atoms with Crippen LogP contribution in [0.1, 0.15) is 28.8 Å². The average molecular weight is 313 g/mol. The SMILES string of the molecule is Nc1ccc2c(c1)C(=O)N(C1CCC(C(F)(F)F)NC1=O)C2. The van der Waals surface area contributed by atoms with Crippen LogP contribution in [0.5, 0.6) is 0 Å².